The third kappa shape index (κ3) is 4.55. The molecular weight excluding hydrogens is 491 g/mol. The standard InChI is InChI=1S/C24H17FN4O4S2/c1-35(32,33)17-8-9-19-20(12-17)34-24(27-19)28-22(30)18-11-15-3-2-10-26-21(15)29(23(18)31)13-14-4-6-16(25)7-5-14/h2-12H,13H2,1H3,(H,27,28,30). The maximum absolute atomic E-state index is 13.3. The van der Waals surface area contributed by atoms with E-state index in [1.807, 2.05) is 0 Å². The van der Waals surface area contributed by atoms with E-state index in [9.17, 15) is 22.4 Å². The highest BCUT2D eigenvalue weighted by molar-refractivity contribution is 7.90. The van der Waals surface area contributed by atoms with E-state index < -0.39 is 27.1 Å². The molecule has 0 saturated heterocycles. The lowest BCUT2D eigenvalue weighted by Gasteiger charge is -2.12. The van der Waals surface area contributed by atoms with Crippen molar-refractivity contribution in [1.82, 2.24) is 14.5 Å². The SMILES string of the molecule is CS(=O)(=O)c1ccc2nc(NC(=O)c3cc4cccnc4n(Cc4ccc(F)cc4)c3=O)sc2c1. The molecule has 3 aromatic heterocycles. The van der Waals surface area contributed by atoms with Crippen LogP contribution in [0, 0.1) is 5.82 Å². The summed E-state index contributed by atoms with van der Waals surface area (Å²) in [4.78, 5) is 35.2. The normalized spacial score (nSPS) is 11.7. The van der Waals surface area contributed by atoms with Gasteiger partial charge in [-0.1, -0.05) is 23.5 Å². The molecular formula is C24H17FN4O4S2. The topological polar surface area (TPSA) is 111 Å². The Morgan fingerprint density at radius 3 is 2.63 bits per heavy atom. The Kier molecular flexibility index (Phi) is 5.65. The van der Waals surface area contributed by atoms with E-state index in [0.717, 1.165) is 17.6 Å². The Labute approximate surface area is 202 Å². The molecule has 0 aliphatic carbocycles. The van der Waals surface area contributed by atoms with E-state index in [1.54, 1.807) is 36.5 Å². The number of hydrogen-bond acceptors (Lipinski definition) is 7. The second kappa shape index (κ2) is 8.67. The maximum Gasteiger partial charge on any atom is 0.265 e. The van der Waals surface area contributed by atoms with Gasteiger partial charge in [-0.3, -0.25) is 19.5 Å². The zero-order chi connectivity index (χ0) is 24.7. The lowest BCUT2D eigenvalue weighted by Crippen LogP contribution is -2.30. The van der Waals surface area contributed by atoms with Crippen LogP contribution in [0.2, 0.25) is 0 Å². The fraction of sp³-hybridized carbons (Fsp3) is 0.0833. The van der Waals surface area contributed by atoms with Crippen LogP contribution >= 0.6 is 11.3 Å². The summed E-state index contributed by atoms with van der Waals surface area (Å²) in [6.45, 7) is 0.100. The number of rotatable bonds is 5. The van der Waals surface area contributed by atoms with Crippen LogP contribution in [0.4, 0.5) is 9.52 Å². The number of aromatic nitrogens is 3. The van der Waals surface area contributed by atoms with E-state index in [0.29, 0.717) is 26.8 Å². The number of sulfone groups is 1. The lowest BCUT2D eigenvalue weighted by molar-refractivity contribution is 0.102. The molecule has 3 heterocycles. The van der Waals surface area contributed by atoms with Crippen LogP contribution in [0.3, 0.4) is 0 Å². The van der Waals surface area contributed by atoms with E-state index in [4.69, 9.17) is 0 Å². The summed E-state index contributed by atoms with van der Waals surface area (Å²) in [6.07, 6.45) is 2.66. The van der Waals surface area contributed by atoms with Crippen LogP contribution in [-0.2, 0) is 16.4 Å². The van der Waals surface area contributed by atoms with Crippen molar-refractivity contribution < 1.29 is 17.6 Å². The van der Waals surface area contributed by atoms with Crippen molar-refractivity contribution in [1.29, 1.82) is 0 Å². The summed E-state index contributed by atoms with van der Waals surface area (Å²) in [5.74, 6) is -1.05. The molecule has 2 aromatic carbocycles. The van der Waals surface area contributed by atoms with E-state index in [-0.39, 0.29) is 22.1 Å². The number of anilines is 1. The Hall–Kier alpha value is -3.96. The highest BCUT2D eigenvalue weighted by atomic mass is 32.2. The number of pyridine rings is 2. The highest BCUT2D eigenvalue weighted by Gasteiger charge is 2.19. The van der Waals surface area contributed by atoms with Crippen LogP contribution in [-0.4, -0.2) is 35.1 Å². The van der Waals surface area contributed by atoms with Gasteiger partial charge < -0.3 is 0 Å². The van der Waals surface area contributed by atoms with Gasteiger partial charge in [-0.15, -0.1) is 0 Å². The first-order chi connectivity index (χ1) is 16.7. The summed E-state index contributed by atoms with van der Waals surface area (Å²) >= 11 is 1.10. The van der Waals surface area contributed by atoms with Crippen LogP contribution in [0.5, 0.6) is 0 Å². The molecule has 11 heteroatoms. The molecule has 0 aliphatic heterocycles. The Bertz CT molecular complexity index is 1780. The quantitative estimate of drug-likeness (QED) is 0.386. The third-order valence-electron chi connectivity index (χ3n) is 5.36. The van der Waals surface area contributed by atoms with E-state index >= 15 is 0 Å². The van der Waals surface area contributed by atoms with Crippen LogP contribution < -0.4 is 10.9 Å². The molecule has 1 amide bonds. The molecule has 5 rings (SSSR count). The van der Waals surface area contributed by atoms with Crippen molar-refractivity contribution in [2.24, 2.45) is 0 Å². The zero-order valence-electron chi connectivity index (χ0n) is 18.2. The first kappa shape index (κ1) is 22.8. The van der Waals surface area contributed by atoms with Crippen LogP contribution in [0.25, 0.3) is 21.3 Å². The van der Waals surface area contributed by atoms with E-state index in [2.05, 4.69) is 15.3 Å². The molecule has 8 nitrogen and oxygen atoms in total. The van der Waals surface area contributed by atoms with Gasteiger partial charge in [-0.25, -0.2) is 22.8 Å². The van der Waals surface area contributed by atoms with Gasteiger partial charge >= 0.3 is 0 Å². The molecule has 0 saturated carbocycles. The second-order valence-electron chi connectivity index (χ2n) is 7.87. The third-order valence-corrected chi connectivity index (χ3v) is 7.40. The van der Waals surface area contributed by atoms with Gasteiger partial charge in [-0.05, 0) is 54.1 Å². The smallest absolute Gasteiger partial charge is 0.265 e. The number of nitrogens with one attached hydrogen (secondary N) is 1. The van der Waals surface area contributed by atoms with Crippen molar-refractivity contribution >= 4 is 53.5 Å². The average Bonchev–Trinajstić information content (AvgIpc) is 3.23. The van der Waals surface area contributed by atoms with Gasteiger partial charge in [0.1, 0.15) is 17.0 Å². The van der Waals surface area contributed by atoms with Crippen LogP contribution in [0.1, 0.15) is 15.9 Å². The van der Waals surface area contributed by atoms with Crippen molar-refractivity contribution in [2.45, 2.75) is 11.4 Å². The van der Waals surface area contributed by atoms with Crippen molar-refractivity contribution in [3.05, 3.63) is 94.2 Å². The van der Waals surface area contributed by atoms with Gasteiger partial charge in [-0.2, -0.15) is 0 Å². The summed E-state index contributed by atoms with van der Waals surface area (Å²) in [5, 5.41) is 3.46. The molecule has 5 aromatic rings. The number of halogens is 1. The molecule has 0 fully saturated rings. The Morgan fingerprint density at radius 2 is 1.89 bits per heavy atom. The monoisotopic (exact) mass is 508 g/mol. The molecule has 0 unspecified atom stereocenters. The zero-order valence-corrected chi connectivity index (χ0v) is 19.9. The number of fused-ring (bicyclic) bond motifs is 2. The Balaban J connectivity index is 1.53. The predicted octanol–water partition coefficient (Wildman–Crippen LogP) is 3.85. The average molecular weight is 509 g/mol. The van der Waals surface area contributed by atoms with Crippen LogP contribution in [0.15, 0.2) is 76.6 Å². The first-order valence-corrected chi connectivity index (χ1v) is 13.0. The minimum atomic E-state index is -3.39. The summed E-state index contributed by atoms with van der Waals surface area (Å²) in [7, 11) is -3.39. The molecule has 0 radical (unpaired) electrons. The van der Waals surface area contributed by atoms with Crippen molar-refractivity contribution in [2.75, 3.05) is 11.6 Å². The fourth-order valence-corrected chi connectivity index (χ4v) is 5.26. The maximum atomic E-state index is 13.3. The molecule has 0 bridgehead atoms. The molecule has 0 spiro atoms. The summed E-state index contributed by atoms with van der Waals surface area (Å²) < 4.78 is 38.9. The number of carbonyl (C=O) groups excluding carboxylic acids is 1. The number of hydrogen-bond donors (Lipinski definition) is 1. The van der Waals surface area contributed by atoms with E-state index in [1.165, 1.54) is 34.9 Å². The Morgan fingerprint density at radius 1 is 1.11 bits per heavy atom. The number of nitrogens with zero attached hydrogens (tertiary/aromatic N) is 3. The summed E-state index contributed by atoms with van der Waals surface area (Å²) in [5.41, 5.74) is 0.925. The van der Waals surface area contributed by atoms with Gasteiger partial charge in [0.2, 0.25) is 0 Å². The lowest BCUT2D eigenvalue weighted by atomic mass is 10.1. The highest BCUT2D eigenvalue weighted by Crippen LogP contribution is 2.28. The number of thiazole rings is 1. The predicted molar refractivity (Wildman–Crippen MR) is 132 cm³/mol. The molecule has 1 N–H and O–H groups in total. The molecule has 176 valence electrons. The minimum Gasteiger partial charge on any atom is -0.298 e. The number of carbonyl (C=O) groups is 1. The van der Waals surface area contributed by atoms with Gasteiger partial charge in [0.15, 0.2) is 15.0 Å². The molecule has 0 atom stereocenters. The second-order valence-corrected chi connectivity index (χ2v) is 10.9. The van der Waals surface area contributed by atoms with Crippen molar-refractivity contribution in [3.63, 3.8) is 0 Å². The summed E-state index contributed by atoms with van der Waals surface area (Å²) in [6, 6.07) is 15.1. The fourth-order valence-electron chi connectivity index (χ4n) is 3.64. The first-order valence-electron chi connectivity index (χ1n) is 10.3. The molecule has 0 aliphatic rings. The number of benzene rings is 2. The minimum absolute atomic E-state index is 0.100. The van der Waals surface area contributed by atoms with Crippen molar-refractivity contribution in [3.8, 4) is 0 Å². The largest absolute Gasteiger partial charge is 0.298 e. The van der Waals surface area contributed by atoms with Gasteiger partial charge in [0, 0.05) is 17.8 Å². The van der Waals surface area contributed by atoms with Gasteiger partial charge in [0.05, 0.1) is 21.7 Å². The molecule has 35 heavy (non-hydrogen) atoms. The number of amides is 1. The van der Waals surface area contributed by atoms with Gasteiger partial charge in [0.25, 0.3) is 11.5 Å².